The summed E-state index contributed by atoms with van der Waals surface area (Å²) in [5.74, 6) is 0. The van der Waals surface area contributed by atoms with Crippen molar-refractivity contribution in [3.05, 3.63) is 0 Å². The fraction of sp³-hybridized carbons (Fsp3) is 1.00. The molecule has 0 aromatic carbocycles. The van der Waals surface area contributed by atoms with Crippen molar-refractivity contribution < 1.29 is 13.2 Å². The quantitative estimate of drug-likeness (QED) is 0.809. The lowest BCUT2D eigenvalue weighted by Crippen LogP contribution is -2.33. The number of halogens is 3. The number of likely N-dealkylation sites (tertiary alicyclic amines) is 1. The van der Waals surface area contributed by atoms with Crippen LogP contribution < -0.4 is 5.32 Å². The molecule has 0 radical (unpaired) electrons. The molecule has 1 rings (SSSR count). The van der Waals surface area contributed by atoms with E-state index in [-0.39, 0.29) is 12.6 Å². The van der Waals surface area contributed by atoms with E-state index < -0.39 is 12.6 Å². The highest BCUT2D eigenvalue weighted by atomic mass is 19.4. The van der Waals surface area contributed by atoms with Gasteiger partial charge in [0.2, 0.25) is 0 Å². The Hall–Kier alpha value is -0.290. The second-order valence-corrected chi connectivity index (χ2v) is 4.79. The smallest absolute Gasteiger partial charge is 0.314 e. The first-order chi connectivity index (χ1) is 8.01. The molecule has 0 spiro atoms. The first kappa shape index (κ1) is 14.8. The first-order valence-electron chi connectivity index (χ1n) is 6.54. The number of alkyl halides is 3. The minimum Gasteiger partial charge on any atom is -0.314 e. The lowest BCUT2D eigenvalue weighted by molar-refractivity contribution is -0.133. The Kier molecular flexibility index (Phi) is 6.27. The normalized spacial score (nSPS) is 23.6. The van der Waals surface area contributed by atoms with E-state index in [2.05, 4.69) is 17.1 Å². The molecule has 1 unspecified atom stereocenters. The molecule has 0 aromatic heterocycles. The largest absolute Gasteiger partial charge is 0.390 e. The summed E-state index contributed by atoms with van der Waals surface area (Å²) in [4.78, 5) is 2.41. The molecule has 1 fully saturated rings. The lowest BCUT2D eigenvalue weighted by atomic mass is 10.1. The van der Waals surface area contributed by atoms with Crippen LogP contribution in [0.2, 0.25) is 0 Å². The highest BCUT2D eigenvalue weighted by Gasteiger charge is 2.26. The van der Waals surface area contributed by atoms with Crippen molar-refractivity contribution in [1.82, 2.24) is 10.2 Å². The average Bonchev–Trinajstić information content (AvgIpc) is 2.43. The van der Waals surface area contributed by atoms with Crippen LogP contribution in [0.1, 0.15) is 39.0 Å². The molecule has 0 amide bonds. The van der Waals surface area contributed by atoms with Crippen molar-refractivity contribution in [2.45, 2.75) is 51.2 Å². The number of hydrogen-bond donors (Lipinski definition) is 1. The van der Waals surface area contributed by atoms with Gasteiger partial charge in [-0.1, -0.05) is 6.92 Å². The van der Waals surface area contributed by atoms with Gasteiger partial charge in [-0.2, -0.15) is 13.2 Å². The Bertz CT molecular complexity index is 206. The van der Waals surface area contributed by atoms with Crippen LogP contribution in [0, 0.1) is 0 Å². The fourth-order valence-corrected chi connectivity index (χ4v) is 2.32. The van der Waals surface area contributed by atoms with Gasteiger partial charge in [-0.3, -0.25) is 0 Å². The van der Waals surface area contributed by atoms with E-state index in [9.17, 15) is 13.2 Å². The van der Waals surface area contributed by atoms with Crippen molar-refractivity contribution in [3.8, 4) is 0 Å². The third-order valence-electron chi connectivity index (χ3n) is 3.20. The van der Waals surface area contributed by atoms with Crippen LogP contribution in [-0.2, 0) is 0 Å². The first-order valence-corrected chi connectivity index (χ1v) is 6.54. The van der Waals surface area contributed by atoms with Crippen molar-refractivity contribution >= 4 is 0 Å². The average molecular weight is 252 g/mol. The minimum atomic E-state index is -4.04. The predicted octanol–water partition coefficient (Wildman–Crippen LogP) is 2.79. The Labute approximate surface area is 102 Å². The molecule has 102 valence electrons. The van der Waals surface area contributed by atoms with E-state index in [1.807, 2.05) is 0 Å². The van der Waals surface area contributed by atoms with Crippen molar-refractivity contribution in [3.63, 3.8) is 0 Å². The molecule has 1 saturated heterocycles. The van der Waals surface area contributed by atoms with Gasteiger partial charge >= 0.3 is 6.18 Å². The van der Waals surface area contributed by atoms with Gasteiger partial charge in [-0.25, -0.2) is 0 Å². The van der Waals surface area contributed by atoms with Crippen LogP contribution in [0.3, 0.4) is 0 Å². The third-order valence-corrected chi connectivity index (χ3v) is 3.20. The number of nitrogens with one attached hydrogen (secondary N) is 1. The number of rotatable bonds is 5. The highest BCUT2D eigenvalue weighted by molar-refractivity contribution is 4.75. The van der Waals surface area contributed by atoms with E-state index in [4.69, 9.17) is 0 Å². The van der Waals surface area contributed by atoms with E-state index >= 15 is 0 Å². The van der Waals surface area contributed by atoms with E-state index in [0.717, 1.165) is 45.3 Å². The topological polar surface area (TPSA) is 15.3 Å². The maximum atomic E-state index is 12.0. The second kappa shape index (κ2) is 7.21. The molecule has 1 aliphatic rings. The summed E-state index contributed by atoms with van der Waals surface area (Å²) in [6.45, 7) is 5.42. The summed E-state index contributed by atoms with van der Waals surface area (Å²) in [5.41, 5.74) is 0. The zero-order valence-electron chi connectivity index (χ0n) is 10.5. The molecule has 5 heteroatoms. The Morgan fingerprint density at radius 2 is 2.00 bits per heavy atom. The molecule has 0 bridgehead atoms. The van der Waals surface area contributed by atoms with Crippen LogP contribution in [-0.4, -0.2) is 43.3 Å². The predicted molar refractivity (Wildman–Crippen MR) is 63.0 cm³/mol. The van der Waals surface area contributed by atoms with Gasteiger partial charge in [0.25, 0.3) is 0 Å². The summed E-state index contributed by atoms with van der Waals surface area (Å²) in [5, 5.41) is 3.03. The van der Waals surface area contributed by atoms with E-state index in [0.29, 0.717) is 0 Å². The molecular weight excluding hydrogens is 229 g/mol. The zero-order chi connectivity index (χ0) is 12.7. The third kappa shape index (κ3) is 6.88. The van der Waals surface area contributed by atoms with Gasteiger partial charge in [0.05, 0.1) is 6.42 Å². The summed E-state index contributed by atoms with van der Waals surface area (Å²) < 4.78 is 36.0. The Balaban J connectivity index is 2.18. The van der Waals surface area contributed by atoms with Crippen LogP contribution >= 0.6 is 0 Å². The molecule has 17 heavy (non-hydrogen) atoms. The second-order valence-electron chi connectivity index (χ2n) is 4.79. The summed E-state index contributed by atoms with van der Waals surface area (Å²) >= 11 is 0. The molecule has 1 heterocycles. The van der Waals surface area contributed by atoms with E-state index in [1.54, 1.807) is 0 Å². The van der Waals surface area contributed by atoms with Crippen molar-refractivity contribution in [2.24, 2.45) is 0 Å². The van der Waals surface area contributed by atoms with Crippen LogP contribution in [0.25, 0.3) is 0 Å². The van der Waals surface area contributed by atoms with Crippen molar-refractivity contribution in [1.29, 1.82) is 0 Å². The SMILES string of the molecule is CCCN1CCCC(NCCC(F)(F)F)CC1. The van der Waals surface area contributed by atoms with Crippen molar-refractivity contribution in [2.75, 3.05) is 26.2 Å². The summed E-state index contributed by atoms with van der Waals surface area (Å²) in [6.07, 6.45) is -0.556. The van der Waals surface area contributed by atoms with Crippen LogP contribution in [0.5, 0.6) is 0 Å². The number of nitrogens with zero attached hydrogens (tertiary/aromatic N) is 1. The lowest BCUT2D eigenvalue weighted by Gasteiger charge is -2.19. The van der Waals surface area contributed by atoms with Gasteiger partial charge < -0.3 is 10.2 Å². The van der Waals surface area contributed by atoms with E-state index in [1.165, 1.54) is 0 Å². The standard InChI is InChI=1S/C12H23F3N2/c1-2-8-17-9-3-4-11(5-10-17)16-7-6-12(13,14)15/h11,16H,2-10H2,1H3. The van der Waals surface area contributed by atoms with Gasteiger partial charge in [0.15, 0.2) is 0 Å². The molecule has 0 aromatic rings. The molecule has 0 saturated carbocycles. The fourth-order valence-electron chi connectivity index (χ4n) is 2.32. The maximum absolute atomic E-state index is 12.0. The molecule has 1 atom stereocenters. The molecule has 1 N–H and O–H groups in total. The van der Waals surface area contributed by atoms with Crippen LogP contribution in [0.15, 0.2) is 0 Å². The van der Waals surface area contributed by atoms with Gasteiger partial charge in [-0.15, -0.1) is 0 Å². The Morgan fingerprint density at radius 3 is 2.65 bits per heavy atom. The highest BCUT2D eigenvalue weighted by Crippen LogP contribution is 2.19. The summed E-state index contributed by atoms with van der Waals surface area (Å²) in [7, 11) is 0. The van der Waals surface area contributed by atoms with Gasteiger partial charge in [-0.05, 0) is 45.3 Å². The number of hydrogen-bond acceptors (Lipinski definition) is 2. The zero-order valence-corrected chi connectivity index (χ0v) is 10.5. The van der Waals surface area contributed by atoms with Gasteiger partial charge in [0.1, 0.15) is 0 Å². The summed E-state index contributed by atoms with van der Waals surface area (Å²) in [6, 6.07) is 0.263. The monoisotopic (exact) mass is 252 g/mol. The molecule has 0 aliphatic carbocycles. The molecule has 2 nitrogen and oxygen atoms in total. The Morgan fingerprint density at radius 1 is 1.24 bits per heavy atom. The molecular formula is C12H23F3N2. The van der Waals surface area contributed by atoms with Crippen LogP contribution in [0.4, 0.5) is 13.2 Å². The molecule has 1 aliphatic heterocycles. The minimum absolute atomic E-state index is 0.0575. The van der Waals surface area contributed by atoms with Gasteiger partial charge in [0, 0.05) is 12.6 Å². The maximum Gasteiger partial charge on any atom is 0.390 e.